The highest BCUT2D eigenvalue weighted by Gasteiger charge is 2.20. The molecule has 12 heteroatoms. The van der Waals surface area contributed by atoms with Crippen molar-refractivity contribution in [2.45, 2.75) is 19.6 Å². The van der Waals surface area contributed by atoms with Gasteiger partial charge in [-0.15, -0.1) is 0 Å². The van der Waals surface area contributed by atoms with E-state index in [1.54, 1.807) is 0 Å². The lowest BCUT2D eigenvalue weighted by atomic mass is 10.2. The molecular formula is C12H6ClF6N3O2. The summed E-state index contributed by atoms with van der Waals surface area (Å²) in [5.41, 5.74) is -1.26. The van der Waals surface area contributed by atoms with E-state index in [-0.39, 0.29) is 11.3 Å². The van der Waals surface area contributed by atoms with Gasteiger partial charge in [0.15, 0.2) is 5.15 Å². The van der Waals surface area contributed by atoms with Crippen LogP contribution < -0.4 is 9.47 Å². The monoisotopic (exact) mass is 373 g/mol. The summed E-state index contributed by atoms with van der Waals surface area (Å²) in [6.07, 6.45) is -2.16. The average Bonchev–Trinajstić information content (AvgIpc) is 2.48. The molecule has 0 aliphatic heterocycles. The highest BCUT2D eigenvalue weighted by Crippen LogP contribution is 2.32. The number of pyridine rings is 1. The second-order valence-electron chi connectivity index (χ2n) is 4.00. The van der Waals surface area contributed by atoms with E-state index in [1.165, 1.54) is 0 Å². The van der Waals surface area contributed by atoms with Gasteiger partial charge < -0.3 is 9.47 Å². The SMILES string of the molecule is FC(F)Oc1nc(C(F)F)ccc1-c1cnc(OC(F)F)c(Cl)n1. The van der Waals surface area contributed by atoms with Crippen LogP contribution >= 0.6 is 11.6 Å². The summed E-state index contributed by atoms with van der Waals surface area (Å²) in [5.74, 6) is -1.53. The van der Waals surface area contributed by atoms with Gasteiger partial charge in [-0.1, -0.05) is 11.6 Å². The molecule has 0 saturated carbocycles. The second kappa shape index (κ2) is 7.51. The summed E-state index contributed by atoms with van der Waals surface area (Å²) < 4.78 is 82.4. The van der Waals surface area contributed by atoms with Crippen LogP contribution in [0, 0.1) is 0 Å². The summed E-state index contributed by atoms with van der Waals surface area (Å²) >= 11 is 5.60. The largest absolute Gasteiger partial charge is 0.416 e. The van der Waals surface area contributed by atoms with Crippen LogP contribution in [0.4, 0.5) is 26.3 Å². The molecule has 0 aliphatic carbocycles. The van der Waals surface area contributed by atoms with Crippen LogP contribution in [0.25, 0.3) is 11.3 Å². The molecule has 0 radical (unpaired) electrons. The molecule has 5 nitrogen and oxygen atoms in total. The quantitative estimate of drug-likeness (QED) is 0.705. The highest BCUT2D eigenvalue weighted by molar-refractivity contribution is 6.30. The van der Waals surface area contributed by atoms with Crippen molar-refractivity contribution in [2.24, 2.45) is 0 Å². The Labute approximate surface area is 135 Å². The fraction of sp³-hybridized carbons (Fsp3) is 0.250. The third-order valence-electron chi connectivity index (χ3n) is 2.48. The lowest BCUT2D eigenvalue weighted by Gasteiger charge is -2.11. The lowest BCUT2D eigenvalue weighted by molar-refractivity contribution is -0.0539. The van der Waals surface area contributed by atoms with Crippen LogP contribution in [-0.4, -0.2) is 28.2 Å². The minimum absolute atomic E-state index is 0.217. The summed E-state index contributed by atoms with van der Waals surface area (Å²) in [6.45, 7) is -6.54. The molecule has 0 saturated heterocycles. The van der Waals surface area contributed by atoms with Gasteiger partial charge in [0.2, 0.25) is 5.88 Å². The van der Waals surface area contributed by atoms with E-state index in [4.69, 9.17) is 11.6 Å². The number of halogens is 7. The maximum Gasteiger partial charge on any atom is 0.388 e. The number of aromatic nitrogens is 3. The average molecular weight is 374 g/mol. The molecule has 2 aromatic rings. The molecule has 0 N–H and O–H groups in total. The number of nitrogens with zero attached hydrogens (tertiary/aromatic N) is 3. The van der Waals surface area contributed by atoms with E-state index in [2.05, 4.69) is 24.4 Å². The predicted molar refractivity (Wildman–Crippen MR) is 68.5 cm³/mol. The van der Waals surface area contributed by atoms with Gasteiger partial charge in [0.05, 0.1) is 17.5 Å². The first-order valence-electron chi connectivity index (χ1n) is 5.99. The normalized spacial score (nSPS) is 11.4. The Bertz CT molecular complexity index is 719. The summed E-state index contributed by atoms with van der Waals surface area (Å²) in [7, 11) is 0. The van der Waals surface area contributed by atoms with Crippen molar-refractivity contribution in [1.82, 2.24) is 15.0 Å². The summed E-state index contributed by atoms with van der Waals surface area (Å²) in [4.78, 5) is 10.4. The number of rotatable bonds is 6. The molecule has 0 unspecified atom stereocenters. The molecule has 2 rings (SSSR count). The van der Waals surface area contributed by atoms with Crippen LogP contribution in [0.3, 0.4) is 0 Å². The van der Waals surface area contributed by atoms with E-state index in [9.17, 15) is 26.3 Å². The molecule has 0 bridgehead atoms. The molecular weight excluding hydrogens is 368 g/mol. The van der Waals surface area contributed by atoms with Gasteiger partial charge >= 0.3 is 13.2 Å². The van der Waals surface area contributed by atoms with Crippen LogP contribution in [-0.2, 0) is 0 Å². The third-order valence-corrected chi connectivity index (χ3v) is 2.73. The number of hydrogen-bond acceptors (Lipinski definition) is 5. The second-order valence-corrected chi connectivity index (χ2v) is 4.36. The minimum atomic E-state index is -3.34. The maximum absolute atomic E-state index is 12.6. The highest BCUT2D eigenvalue weighted by atomic mass is 35.5. The Hall–Kier alpha value is -2.30. The third kappa shape index (κ3) is 4.37. The Morgan fingerprint density at radius 3 is 2.04 bits per heavy atom. The Balaban J connectivity index is 2.45. The zero-order valence-electron chi connectivity index (χ0n) is 11.3. The predicted octanol–water partition coefficient (Wildman–Crippen LogP) is 4.33. The lowest BCUT2D eigenvalue weighted by Crippen LogP contribution is -2.08. The van der Waals surface area contributed by atoms with Gasteiger partial charge in [-0.05, 0) is 12.1 Å². The number of alkyl halides is 6. The van der Waals surface area contributed by atoms with Crippen molar-refractivity contribution >= 4 is 11.6 Å². The first kappa shape index (κ1) is 18.0. The van der Waals surface area contributed by atoms with Gasteiger partial charge in [-0.3, -0.25) is 0 Å². The summed E-state index contributed by atoms with van der Waals surface area (Å²) in [5, 5.41) is -0.589. The standard InChI is InChI=1S/C12H6ClF6N3O2/c13-7-10(24-12(18)19)20-3-6(21-7)4-1-2-5(8(14)15)22-9(4)23-11(16)17/h1-3,8,11-12H. The van der Waals surface area contributed by atoms with Gasteiger partial charge in [0.25, 0.3) is 12.3 Å². The molecule has 0 fully saturated rings. The van der Waals surface area contributed by atoms with E-state index in [0.29, 0.717) is 0 Å². The van der Waals surface area contributed by atoms with E-state index in [1.807, 2.05) is 0 Å². The molecule has 2 heterocycles. The molecule has 130 valence electrons. The van der Waals surface area contributed by atoms with Crippen LogP contribution in [0.1, 0.15) is 12.1 Å². The summed E-state index contributed by atoms with van der Waals surface area (Å²) in [6, 6.07) is 1.84. The van der Waals surface area contributed by atoms with Crippen molar-refractivity contribution < 1.29 is 35.8 Å². The van der Waals surface area contributed by atoms with Gasteiger partial charge in [0.1, 0.15) is 5.69 Å². The van der Waals surface area contributed by atoms with E-state index < -0.39 is 42.3 Å². The number of ether oxygens (including phenoxy) is 2. The van der Waals surface area contributed by atoms with E-state index in [0.717, 1.165) is 18.3 Å². The van der Waals surface area contributed by atoms with E-state index >= 15 is 0 Å². The zero-order valence-corrected chi connectivity index (χ0v) is 12.0. The fourth-order valence-electron chi connectivity index (χ4n) is 1.59. The molecule has 0 spiro atoms. The van der Waals surface area contributed by atoms with Gasteiger partial charge in [-0.2, -0.15) is 17.6 Å². The first-order chi connectivity index (χ1) is 11.3. The van der Waals surface area contributed by atoms with Gasteiger partial charge in [-0.25, -0.2) is 23.7 Å². The zero-order chi connectivity index (χ0) is 17.9. The molecule has 2 aromatic heterocycles. The minimum Gasteiger partial charge on any atom is -0.416 e. The van der Waals surface area contributed by atoms with Gasteiger partial charge in [0, 0.05) is 0 Å². The Morgan fingerprint density at radius 1 is 0.875 bits per heavy atom. The molecule has 0 aromatic carbocycles. The Kier molecular flexibility index (Phi) is 5.65. The van der Waals surface area contributed by atoms with Crippen LogP contribution in [0.2, 0.25) is 5.15 Å². The molecule has 24 heavy (non-hydrogen) atoms. The molecule has 0 atom stereocenters. The van der Waals surface area contributed by atoms with Crippen molar-refractivity contribution in [3.63, 3.8) is 0 Å². The van der Waals surface area contributed by atoms with Crippen molar-refractivity contribution in [3.05, 3.63) is 29.2 Å². The smallest absolute Gasteiger partial charge is 0.388 e. The maximum atomic E-state index is 12.6. The van der Waals surface area contributed by atoms with Crippen LogP contribution in [0.5, 0.6) is 11.8 Å². The molecule has 0 amide bonds. The fourth-order valence-corrected chi connectivity index (χ4v) is 1.78. The topological polar surface area (TPSA) is 57.1 Å². The molecule has 0 aliphatic rings. The number of hydrogen-bond donors (Lipinski definition) is 0. The Morgan fingerprint density at radius 2 is 1.50 bits per heavy atom. The van der Waals surface area contributed by atoms with Crippen molar-refractivity contribution in [3.8, 4) is 23.0 Å². The van der Waals surface area contributed by atoms with Crippen molar-refractivity contribution in [1.29, 1.82) is 0 Å². The van der Waals surface area contributed by atoms with Crippen molar-refractivity contribution in [2.75, 3.05) is 0 Å². The van der Waals surface area contributed by atoms with Crippen LogP contribution in [0.15, 0.2) is 18.3 Å². The first-order valence-corrected chi connectivity index (χ1v) is 6.37.